The lowest BCUT2D eigenvalue weighted by molar-refractivity contribution is -0.120. The molecule has 1 rings (SSSR count). The van der Waals surface area contributed by atoms with Gasteiger partial charge in [0.25, 0.3) is 0 Å². The summed E-state index contributed by atoms with van der Waals surface area (Å²) in [7, 11) is -2.35. The van der Waals surface area contributed by atoms with Crippen LogP contribution in [0.25, 0.3) is 0 Å². The lowest BCUT2D eigenvalue weighted by Crippen LogP contribution is -2.33. The van der Waals surface area contributed by atoms with E-state index in [9.17, 15) is 13.2 Å². The number of carbonyl (C=O) groups excluding carboxylic acids is 1. The van der Waals surface area contributed by atoms with Gasteiger partial charge in [-0.2, -0.15) is 0 Å². The Morgan fingerprint density at radius 1 is 1.33 bits per heavy atom. The fourth-order valence-corrected chi connectivity index (χ4v) is 2.23. The van der Waals surface area contributed by atoms with E-state index in [-0.39, 0.29) is 22.6 Å². The molecule has 0 unspecified atom stereocenters. The van der Waals surface area contributed by atoms with Crippen LogP contribution in [0.2, 0.25) is 0 Å². The quantitative estimate of drug-likeness (QED) is 0.848. The molecular formula is C14H22N2O4S. The van der Waals surface area contributed by atoms with Gasteiger partial charge in [-0.25, -0.2) is 13.6 Å². The summed E-state index contributed by atoms with van der Waals surface area (Å²) in [6.45, 7) is 6.56. The molecule has 1 aromatic rings. The predicted molar refractivity (Wildman–Crippen MR) is 80.5 cm³/mol. The van der Waals surface area contributed by atoms with Crippen LogP contribution in [0.5, 0.6) is 5.75 Å². The summed E-state index contributed by atoms with van der Waals surface area (Å²) in [5.41, 5.74) is 0.456. The lowest BCUT2D eigenvalue weighted by Gasteiger charge is -2.19. The van der Waals surface area contributed by atoms with Crippen molar-refractivity contribution < 1.29 is 17.9 Å². The smallest absolute Gasteiger partial charge is 0.238 e. The minimum absolute atomic E-state index is 0.0256. The van der Waals surface area contributed by atoms with Crippen LogP contribution in [-0.4, -0.2) is 28.0 Å². The Labute approximate surface area is 125 Å². The van der Waals surface area contributed by atoms with Crippen molar-refractivity contribution in [1.82, 2.24) is 5.32 Å². The van der Waals surface area contributed by atoms with E-state index in [2.05, 4.69) is 5.32 Å². The normalized spacial score (nSPS) is 12.0. The highest BCUT2D eigenvalue weighted by atomic mass is 32.2. The molecule has 0 atom stereocenters. The number of ether oxygens (including phenoxy) is 1. The molecule has 0 aliphatic heterocycles. The Kier molecular flexibility index (Phi) is 5.36. The number of methoxy groups -OCH3 is 1. The third-order valence-electron chi connectivity index (χ3n) is 2.75. The highest BCUT2D eigenvalue weighted by Gasteiger charge is 2.16. The Hall–Kier alpha value is -1.60. The van der Waals surface area contributed by atoms with Crippen molar-refractivity contribution in [3.05, 3.63) is 23.8 Å². The minimum atomic E-state index is -3.81. The molecule has 7 heteroatoms. The van der Waals surface area contributed by atoms with E-state index in [1.165, 1.54) is 25.3 Å². The van der Waals surface area contributed by atoms with Gasteiger partial charge in [0.15, 0.2) is 0 Å². The maximum absolute atomic E-state index is 11.9. The van der Waals surface area contributed by atoms with Gasteiger partial charge in [0.05, 0.1) is 18.4 Å². The second kappa shape index (κ2) is 6.44. The molecule has 0 bridgehead atoms. The molecule has 0 fully saturated rings. The second-order valence-corrected chi connectivity index (χ2v) is 7.59. The van der Waals surface area contributed by atoms with Gasteiger partial charge in [-0.05, 0) is 23.6 Å². The first-order chi connectivity index (χ1) is 9.53. The second-order valence-electron chi connectivity index (χ2n) is 6.03. The van der Waals surface area contributed by atoms with Crippen LogP contribution < -0.4 is 15.2 Å². The van der Waals surface area contributed by atoms with Crippen molar-refractivity contribution in [1.29, 1.82) is 0 Å². The van der Waals surface area contributed by atoms with Gasteiger partial charge in [-0.3, -0.25) is 4.79 Å². The van der Waals surface area contributed by atoms with Crippen LogP contribution in [-0.2, 0) is 21.2 Å². The molecule has 6 nitrogen and oxygen atoms in total. The number of sulfonamides is 1. The van der Waals surface area contributed by atoms with E-state index in [0.717, 1.165) is 0 Å². The molecule has 1 aromatic carbocycles. The van der Waals surface area contributed by atoms with Crippen molar-refractivity contribution >= 4 is 15.9 Å². The van der Waals surface area contributed by atoms with E-state index in [1.807, 2.05) is 20.8 Å². The van der Waals surface area contributed by atoms with E-state index < -0.39 is 10.0 Å². The zero-order valence-electron chi connectivity index (χ0n) is 12.8. The largest absolute Gasteiger partial charge is 0.496 e. The fourth-order valence-electron chi connectivity index (χ4n) is 1.67. The van der Waals surface area contributed by atoms with Gasteiger partial charge in [-0.1, -0.05) is 20.8 Å². The molecule has 118 valence electrons. The first-order valence-electron chi connectivity index (χ1n) is 6.49. The maximum atomic E-state index is 11.9. The highest BCUT2D eigenvalue weighted by Crippen LogP contribution is 2.22. The molecule has 0 aromatic heterocycles. The predicted octanol–water partition coefficient (Wildman–Crippen LogP) is 1.05. The third kappa shape index (κ3) is 5.73. The van der Waals surface area contributed by atoms with Gasteiger partial charge < -0.3 is 10.1 Å². The van der Waals surface area contributed by atoms with Gasteiger partial charge in [0.2, 0.25) is 15.9 Å². The van der Waals surface area contributed by atoms with E-state index in [1.54, 1.807) is 0 Å². The number of amides is 1. The summed E-state index contributed by atoms with van der Waals surface area (Å²) in [6.07, 6.45) is 0.0304. The molecule has 0 saturated heterocycles. The number of benzene rings is 1. The molecule has 1 amide bonds. The van der Waals surface area contributed by atoms with Gasteiger partial charge in [-0.15, -0.1) is 0 Å². The number of hydrogen-bond acceptors (Lipinski definition) is 4. The molecule has 0 aliphatic rings. The third-order valence-corrected chi connectivity index (χ3v) is 3.66. The number of rotatable bonds is 5. The van der Waals surface area contributed by atoms with E-state index >= 15 is 0 Å². The summed E-state index contributed by atoms with van der Waals surface area (Å²) >= 11 is 0. The van der Waals surface area contributed by atoms with E-state index in [0.29, 0.717) is 17.9 Å². The molecule has 0 saturated carbocycles. The maximum Gasteiger partial charge on any atom is 0.238 e. The summed E-state index contributed by atoms with van der Waals surface area (Å²) in [4.78, 5) is 11.9. The molecule has 3 N–H and O–H groups in total. The molecule has 0 aliphatic carbocycles. The summed E-state index contributed by atoms with van der Waals surface area (Å²) < 4.78 is 27.9. The first-order valence-corrected chi connectivity index (χ1v) is 8.04. The molecule has 0 spiro atoms. The molecular weight excluding hydrogens is 292 g/mol. The fraction of sp³-hybridized carbons (Fsp3) is 0.500. The average molecular weight is 314 g/mol. The van der Waals surface area contributed by atoms with Gasteiger partial charge in [0, 0.05) is 12.1 Å². The first kappa shape index (κ1) is 17.5. The van der Waals surface area contributed by atoms with Gasteiger partial charge in [0.1, 0.15) is 5.75 Å². The van der Waals surface area contributed by atoms with Crippen molar-refractivity contribution in [3.8, 4) is 5.75 Å². The molecule has 21 heavy (non-hydrogen) atoms. The van der Waals surface area contributed by atoms with Crippen LogP contribution >= 0.6 is 0 Å². The number of primary sulfonamides is 1. The summed E-state index contributed by atoms with van der Waals surface area (Å²) in [6, 6.07) is 4.21. The van der Waals surface area contributed by atoms with Crippen molar-refractivity contribution in [2.24, 2.45) is 10.6 Å². The highest BCUT2D eigenvalue weighted by molar-refractivity contribution is 7.89. The zero-order valence-corrected chi connectivity index (χ0v) is 13.6. The Morgan fingerprint density at radius 3 is 2.43 bits per heavy atom. The lowest BCUT2D eigenvalue weighted by atomic mass is 9.97. The Morgan fingerprint density at radius 2 is 1.95 bits per heavy atom. The Bertz CT molecular complexity index is 618. The average Bonchev–Trinajstić information content (AvgIpc) is 2.34. The van der Waals surface area contributed by atoms with Crippen LogP contribution in [0, 0.1) is 5.41 Å². The summed E-state index contributed by atoms with van der Waals surface area (Å²) in [5, 5.41) is 7.90. The minimum Gasteiger partial charge on any atom is -0.496 e. The van der Waals surface area contributed by atoms with Crippen LogP contribution in [0.3, 0.4) is 0 Å². The number of nitrogens with two attached hydrogens (primary N) is 1. The SMILES string of the molecule is COc1ccc(S(N)(=O)=O)cc1CC(=O)NCC(C)(C)C. The Balaban J connectivity index is 2.93. The summed E-state index contributed by atoms with van der Waals surface area (Å²) in [5.74, 6) is 0.253. The molecule has 0 radical (unpaired) electrons. The topological polar surface area (TPSA) is 98.5 Å². The van der Waals surface area contributed by atoms with E-state index in [4.69, 9.17) is 9.88 Å². The van der Waals surface area contributed by atoms with Crippen molar-refractivity contribution in [2.75, 3.05) is 13.7 Å². The standard InChI is InChI=1S/C14H22N2O4S/c1-14(2,3)9-16-13(17)8-10-7-11(21(15,18)19)5-6-12(10)20-4/h5-7H,8-9H2,1-4H3,(H,16,17)(H2,15,18,19). The number of carbonyl (C=O) groups is 1. The zero-order chi connectivity index (χ0) is 16.3. The van der Waals surface area contributed by atoms with Crippen LogP contribution in [0.1, 0.15) is 26.3 Å². The van der Waals surface area contributed by atoms with Crippen molar-refractivity contribution in [2.45, 2.75) is 32.1 Å². The van der Waals surface area contributed by atoms with Crippen LogP contribution in [0.4, 0.5) is 0 Å². The number of hydrogen-bond donors (Lipinski definition) is 2. The monoisotopic (exact) mass is 314 g/mol. The number of nitrogens with one attached hydrogen (secondary N) is 1. The van der Waals surface area contributed by atoms with Crippen LogP contribution in [0.15, 0.2) is 23.1 Å². The van der Waals surface area contributed by atoms with Gasteiger partial charge >= 0.3 is 0 Å². The van der Waals surface area contributed by atoms with Crippen molar-refractivity contribution in [3.63, 3.8) is 0 Å². The molecule has 0 heterocycles.